The molecule has 1 heterocycles. The molecule has 0 radical (unpaired) electrons. The second-order valence-electron chi connectivity index (χ2n) is 3.03. The molecule has 13 heavy (non-hydrogen) atoms. The molecule has 72 valence electrons. The van der Waals surface area contributed by atoms with Crippen molar-refractivity contribution in [3.63, 3.8) is 0 Å². The molecule has 0 saturated heterocycles. The van der Waals surface area contributed by atoms with Crippen molar-refractivity contribution in [2.75, 3.05) is 0 Å². The second-order valence-corrected chi connectivity index (χ2v) is 3.97. The number of aliphatic carboxylic acids is 1. The van der Waals surface area contributed by atoms with Crippen LogP contribution in [0, 0.1) is 12.8 Å². The van der Waals surface area contributed by atoms with Gasteiger partial charge >= 0.3 is 5.97 Å². The zero-order valence-electron chi connectivity index (χ0n) is 7.78. The molecule has 0 bridgehead atoms. The van der Waals surface area contributed by atoms with Gasteiger partial charge in [0.05, 0.1) is 10.9 Å². The highest BCUT2D eigenvalue weighted by atomic mass is 32.1. The molecule has 0 spiro atoms. The van der Waals surface area contributed by atoms with Gasteiger partial charge in [-0.05, 0) is 13.3 Å². The number of rotatable bonds is 4. The molecule has 0 aromatic carbocycles. The van der Waals surface area contributed by atoms with Crippen LogP contribution in [0.2, 0.25) is 0 Å². The van der Waals surface area contributed by atoms with Crippen LogP contribution >= 0.6 is 11.3 Å². The van der Waals surface area contributed by atoms with Gasteiger partial charge in [-0.25, -0.2) is 4.98 Å². The Balaban J connectivity index is 2.61. The standard InChI is InChI=1S/C9H13NO2S/c1-3-7(9(11)12)4-8-10-6(2)5-13-8/h5,7H,3-4H2,1-2H3,(H,11,12). The predicted molar refractivity (Wildman–Crippen MR) is 52.0 cm³/mol. The lowest BCUT2D eigenvalue weighted by Gasteiger charge is -2.05. The highest BCUT2D eigenvalue weighted by Crippen LogP contribution is 2.16. The summed E-state index contributed by atoms with van der Waals surface area (Å²) in [4.78, 5) is 15.0. The minimum atomic E-state index is -0.727. The second kappa shape index (κ2) is 4.37. The molecule has 1 unspecified atom stereocenters. The molecule has 0 saturated carbocycles. The fourth-order valence-corrected chi connectivity index (χ4v) is 1.97. The zero-order valence-corrected chi connectivity index (χ0v) is 8.60. The quantitative estimate of drug-likeness (QED) is 0.808. The van der Waals surface area contributed by atoms with Gasteiger partial charge in [0.25, 0.3) is 0 Å². The lowest BCUT2D eigenvalue weighted by molar-refractivity contribution is -0.141. The molecule has 1 N–H and O–H groups in total. The van der Waals surface area contributed by atoms with Gasteiger partial charge in [0.2, 0.25) is 0 Å². The number of hydrogen-bond acceptors (Lipinski definition) is 3. The van der Waals surface area contributed by atoms with E-state index in [2.05, 4.69) is 4.98 Å². The van der Waals surface area contributed by atoms with E-state index in [1.54, 1.807) is 0 Å². The van der Waals surface area contributed by atoms with Crippen molar-refractivity contribution in [2.45, 2.75) is 26.7 Å². The van der Waals surface area contributed by atoms with E-state index in [1.165, 1.54) is 11.3 Å². The SMILES string of the molecule is CCC(Cc1nc(C)cs1)C(=O)O. The average molecular weight is 199 g/mol. The third-order valence-electron chi connectivity index (χ3n) is 1.93. The number of carboxylic acid groups (broad SMARTS) is 1. The smallest absolute Gasteiger partial charge is 0.306 e. The Morgan fingerprint density at radius 1 is 1.77 bits per heavy atom. The highest BCUT2D eigenvalue weighted by molar-refractivity contribution is 7.09. The molecule has 0 aliphatic rings. The van der Waals surface area contributed by atoms with E-state index in [0.29, 0.717) is 12.8 Å². The molecule has 0 aliphatic heterocycles. The summed E-state index contributed by atoms with van der Waals surface area (Å²) in [5.74, 6) is -1.01. The van der Waals surface area contributed by atoms with Crippen molar-refractivity contribution in [2.24, 2.45) is 5.92 Å². The Morgan fingerprint density at radius 3 is 2.85 bits per heavy atom. The van der Waals surface area contributed by atoms with Gasteiger partial charge in [-0.2, -0.15) is 0 Å². The lowest BCUT2D eigenvalue weighted by Crippen LogP contribution is -2.15. The van der Waals surface area contributed by atoms with Crippen LogP contribution in [-0.2, 0) is 11.2 Å². The van der Waals surface area contributed by atoms with Crippen molar-refractivity contribution < 1.29 is 9.90 Å². The first-order valence-corrected chi connectivity index (χ1v) is 5.15. The largest absolute Gasteiger partial charge is 0.481 e. The summed E-state index contributed by atoms with van der Waals surface area (Å²) >= 11 is 1.54. The van der Waals surface area contributed by atoms with Gasteiger partial charge < -0.3 is 5.11 Å². The molecule has 0 fully saturated rings. The maximum Gasteiger partial charge on any atom is 0.306 e. The van der Waals surface area contributed by atoms with Crippen LogP contribution in [0.3, 0.4) is 0 Å². The van der Waals surface area contributed by atoms with Crippen LogP contribution in [-0.4, -0.2) is 16.1 Å². The summed E-state index contributed by atoms with van der Waals surface area (Å²) in [6.07, 6.45) is 1.22. The van der Waals surface area contributed by atoms with Crippen LogP contribution < -0.4 is 0 Å². The predicted octanol–water partition coefficient (Wildman–Crippen LogP) is 2.10. The summed E-state index contributed by atoms with van der Waals surface area (Å²) in [7, 11) is 0. The van der Waals surface area contributed by atoms with E-state index in [0.717, 1.165) is 10.7 Å². The van der Waals surface area contributed by atoms with Crippen molar-refractivity contribution in [3.8, 4) is 0 Å². The summed E-state index contributed by atoms with van der Waals surface area (Å²) in [6.45, 7) is 3.81. The number of nitrogens with zero attached hydrogens (tertiary/aromatic N) is 1. The Kier molecular flexibility index (Phi) is 3.42. The Hall–Kier alpha value is -0.900. The molecule has 3 nitrogen and oxygen atoms in total. The minimum Gasteiger partial charge on any atom is -0.481 e. The molecule has 1 atom stereocenters. The van der Waals surface area contributed by atoms with Crippen molar-refractivity contribution in [1.82, 2.24) is 4.98 Å². The van der Waals surface area contributed by atoms with Crippen LogP contribution in [0.1, 0.15) is 24.0 Å². The molecule has 1 rings (SSSR count). The summed E-state index contributed by atoms with van der Waals surface area (Å²) in [6, 6.07) is 0. The Labute approximate surface area is 81.4 Å². The number of aryl methyl sites for hydroxylation is 1. The number of thiazole rings is 1. The van der Waals surface area contributed by atoms with Gasteiger partial charge in [-0.1, -0.05) is 6.92 Å². The molecule has 1 aromatic heterocycles. The molecule has 4 heteroatoms. The van der Waals surface area contributed by atoms with E-state index >= 15 is 0 Å². The van der Waals surface area contributed by atoms with Gasteiger partial charge in [0.15, 0.2) is 0 Å². The fraction of sp³-hybridized carbons (Fsp3) is 0.556. The van der Waals surface area contributed by atoms with Gasteiger partial charge in [0, 0.05) is 17.5 Å². The first-order valence-electron chi connectivity index (χ1n) is 4.27. The highest BCUT2D eigenvalue weighted by Gasteiger charge is 2.16. The van der Waals surface area contributed by atoms with E-state index in [-0.39, 0.29) is 5.92 Å². The topological polar surface area (TPSA) is 50.2 Å². The number of aromatic nitrogens is 1. The van der Waals surface area contributed by atoms with Gasteiger partial charge in [0.1, 0.15) is 0 Å². The lowest BCUT2D eigenvalue weighted by atomic mass is 10.0. The zero-order chi connectivity index (χ0) is 9.84. The van der Waals surface area contributed by atoms with Gasteiger partial charge in [-0.15, -0.1) is 11.3 Å². The normalized spacial score (nSPS) is 12.8. The van der Waals surface area contributed by atoms with E-state index in [1.807, 2.05) is 19.2 Å². The first-order chi connectivity index (χ1) is 6.13. The molecule has 0 amide bonds. The first kappa shape index (κ1) is 10.2. The molecular formula is C9H13NO2S. The van der Waals surface area contributed by atoms with Crippen LogP contribution in [0.25, 0.3) is 0 Å². The van der Waals surface area contributed by atoms with Crippen LogP contribution in [0.5, 0.6) is 0 Å². The Bertz CT molecular complexity index is 296. The molecule has 0 aliphatic carbocycles. The van der Waals surface area contributed by atoms with Crippen molar-refractivity contribution in [1.29, 1.82) is 0 Å². The third kappa shape index (κ3) is 2.81. The number of hydrogen-bond donors (Lipinski definition) is 1. The summed E-state index contributed by atoms with van der Waals surface area (Å²) < 4.78 is 0. The minimum absolute atomic E-state index is 0.287. The molecular weight excluding hydrogens is 186 g/mol. The average Bonchev–Trinajstić information content (AvgIpc) is 2.46. The fourth-order valence-electron chi connectivity index (χ4n) is 1.11. The number of carbonyl (C=O) groups is 1. The van der Waals surface area contributed by atoms with E-state index in [4.69, 9.17) is 5.11 Å². The maximum atomic E-state index is 10.7. The van der Waals surface area contributed by atoms with Crippen LogP contribution in [0.4, 0.5) is 0 Å². The van der Waals surface area contributed by atoms with Crippen molar-refractivity contribution in [3.05, 3.63) is 16.1 Å². The van der Waals surface area contributed by atoms with Gasteiger partial charge in [-0.3, -0.25) is 4.79 Å². The molecule has 1 aromatic rings. The number of carboxylic acids is 1. The Morgan fingerprint density at radius 2 is 2.46 bits per heavy atom. The third-order valence-corrected chi connectivity index (χ3v) is 2.92. The van der Waals surface area contributed by atoms with Crippen molar-refractivity contribution >= 4 is 17.3 Å². The van der Waals surface area contributed by atoms with E-state index < -0.39 is 5.97 Å². The summed E-state index contributed by atoms with van der Waals surface area (Å²) in [5.41, 5.74) is 0.972. The monoisotopic (exact) mass is 199 g/mol. The van der Waals surface area contributed by atoms with Crippen LogP contribution in [0.15, 0.2) is 5.38 Å². The maximum absolute atomic E-state index is 10.7. The summed E-state index contributed by atoms with van der Waals surface area (Å²) in [5, 5.41) is 11.7. The van der Waals surface area contributed by atoms with E-state index in [9.17, 15) is 4.79 Å².